The van der Waals surface area contributed by atoms with E-state index in [0.717, 1.165) is 29.8 Å². The van der Waals surface area contributed by atoms with E-state index in [1.807, 2.05) is 24.3 Å². The van der Waals surface area contributed by atoms with Crippen molar-refractivity contribution in [3.8, 4) is 5.75 Å². The molecule has 0 bridgehead atoms. The SMILES string of the molecule is COc1ccccc1CCCNc1cc([N+](=O)[O-])ccc1NCCO. The number of nitro benzene ring substituents is 1. The number of nitrogens with one attached hydrogen (secondary N) is 2. The number of aryl methyl sites for hydroxylation is 1. The van der Waals surface area contributed by atoms with Gasteiger partial charge >= 0.3 is 0 Å². The second-order valence-electron chi connectivity index (χ2n) is 5.48. The van der Waals surface area contributed by atoms with Gasteiger partial charge in [-0.1, -0.05) is 18.2 Å². The second kappa shape index (κ2) is 9.48. The van der Waals surface area contributed by atoms with Gasteiger partial charge in [0.25, 0.3) is 5.69 Å². The highest BCUT2D eigenvalue weighted by atomic mass is 16.6. The zero-order chi connectivity index (χ0) is 18.1. The molecule has 0 spiro atoms. The van der Waals surface area contributed by atoms with Gasteiger partial charge in [-0.2, -0.15) is 0 Å². The predicted molar refractivity (Wildman–Crippen MR) is 98.5 cm³/mol. The van der Waals surface area contributed by atoms with Gasteiger partial charge in [0.1, 0.15) is 5.75 Å². The first kappa shape index (κ1) is 18.5. The normalized spacial score (nSPS) is 10.3. The molecule has 7 nitrogen and oxygen atoms in total. The molecule has 3 N–H and O–H groups in total. The molecule has 0 fully saturated rings. The number of aliphatic hydroxyl groups is 1. The molecule has 2 aromatic rings. The Balaban J connectivity index is 1.98. The van der Waals surface area contributed by atoms with Crippen molar-refractivity contribution in [3.63, 3.8) is 0 Å². The quantitative estimate of drug-likeness (QED) is 0.348. The van der Waals surface area contributed by atoms with Crippen LogP contribution in [0.1, 0.15) is 12.0 Å². The lowest BCUT2D eigenvalue weighted by molar-refractivity contribution is -0.384. The fourth-order valence-corrected chi connectivity index (χ4v) is 2.55. The molecule has 0 aliphatic rings. The molecular formula is C18H23N3O4. The number of aliphatic hydroxyl groups excluding tert-OH is 1. The first-order valence-corrected chi connectivity index (χ1v) is 8.14. The van der Waals surface area contributed by atoms with E-state index in [9.17, 15) is 10.1 Å². The molecule has 0 atom stereocenters. The van der Waals surface area contributed by atoms with Gasteiger partial charge in [-0.05, 0) is 30.5 Å². The van der Waals surface area contributed by atoms with E-state index in [2.05, 4.69) is 10.6 Å². The van der Waals surface area contributed by atoms with Crippen LogP contribution in [0.15, 0.2) is 42.5 Å². The molecule has 0 heterocycles. The van der Waals surface area contributed by atoms with E-state index in [1.165, 1.54) is 12.1 Å². The van der Waals surface area contributed by atoms with Gasteiger partial charge in [-0.15, -0.1) is 0 Å². The number of methoxy groups -OCH3 is 1. The molecule has 0 amide bonds. The average Bonchev–Trinajstić information content (AvgIpc) is 2.64. The number of para-hydroxylation sites is 1. The van der Waals surface area contributed by atoms with Crippen molar-refractivity contribution in [3.05, 3.63) is 58.1 Å². The minimum atomic E-state index is -0.421. The summed E-state index contributed by atoms with van der Waals surface area (Å²) in [4.78, 5) is 10.5. The van der Waals surface area contributed by atoms with Crippen molar-refractivity contribution < 1.29 is 14.8 Å². The topological polar surface area (TPSA) is 96.7 Å². The van der Waals surface area contributed by atoms with Crippen LogP contribution in [0.2, 0.25) is 0 Å². The summed E-state index contributed by atoms with van der Waals surface area (Å²) < 4.78 is 5.34. The number of rotatable bonds is 10. The standard InChI is InChI=1S/C18H23N3O4/c1-25-18-7-3-2-5-14(18)6-4-10-19-17-13-15(21(23)24)8-9-16(17)20-11-12-22/h2-3,5,7-9,13,19-20,22H,4,6,10-12H2,1H3. The van der Waals surface area contributed by atoms with Crippen molar-refractivity contribution in [2.45, 2.75) is 12.8 Å². The zero-order valence-corrected chi connectivity index (χ0v) is 14.2. The van der Waals surface area contributed by atoms with Crippen LogP contribution in [0.3, 0.4) is 0 Å². The highest BCUT2D eigenvalue weighted by Gasteiger charge is 2.10. The molecule has 0 saturated heterocycles. The maximum Gasteiger partial charge on any atom is 0.271 e. The van der Waals surface area contributed by atoms with Crippen LogP contribution in [-0.4, -0.2) is 36.8 Å². The Morgan fingerprint density at radius 1 is 1.12 bits per heavy atom. The Kier molecular flexibility index (Phi) is 7.03. The Morgan fingerprint density at radius 2 is 1.88 bits per heavy atom. The first-order chi connectivity index (χ1) is 12.2. The molecule has 0 unspecified atom stereocenters. The van der Waals surface area contributed by atoms with Crippen LogP contribution in [0.4, 0.5) is 17.1 Å². The summed E-state index contributed by atoms with van der Waals surface area (Å²) in [5, 5.41) is 26.2. The molecule has 25 heavy (non-hydrogen) atoms. The molecule has 0 aliphatic heterocycles. The Labute approximate surface area is 146 Å². The number of nitro groups is 1. The van der Waals surface area contributed by atoms with E-state index >= 15 is 0 Å². The lowest BCUT2D eigenvalue weighted by Crippen LogP contribution is -2.10. The summed E-state index contributed by atoms with van der Waals surface area (Å²) in [7, 11) is 1.65. The van der Waals surface area contributed by atoms with Crippen molar-refractivity contribution >= 4 is 17.1 Å². The Morgan fingerprint density at radius 3 is 2.60 bits per heavy atom. The molecule has 0 radical (unpaired) electrons. The van der Waals surface area contributed by atoms with Crippen LogP contribution in [0, 0.1) is 10.1 Å². The number of hydrogen-bond acceptors (Lipinski definition) is 6. The maximum absolute atomic E-state index is 11.0. The number of non-ortho nitro benzene ring substituents is 1. The van der Waals surface area contributed by atoms with Crippen LogP contribution >= 0.6 is 0 Å². The number of anilines is 2. The number of hydrogen-bond donors (Lipinski definition) is 3. The molecule has 7 heteroatoms. The minimum absolute atomic E-state index is 0.00969. The van der Waals surface area contributed by atoms with Gasteiger partial charge in [-0.25, -0.2) is 0 Å². The first-order valence-electron chi connectivity index (χ1n) is 8.14. The van der Waals surface area contributed by atoms with E-state index in [4.69, 9.17) is 9.84 Å². The minimum Gasteiger partial charge on any atom is -0.496 e. The molecule has 2 rings (SSSR count). The molecule has 134 valence electrons. The third kappa shape index (κ3) is 5.36. The summed E-state index contributed by atoms with van der Waals surface area (Å²) in [6, 6.07) is 12.5. The summed E-state index contributed by atoms with van der Waals surface area (Å²) >= 11 is 0. The second-order valence-corrected chi connectivity index (χ2v) is 5.48. The number of nitrogens with zero attached hydrogens (tertiary/aromatic N) is 1. The van der Waals surface area contributed by atoms with E-state index in [0.29, 0.717) is 18.8 Å². The predicted octanol–water partition coefficient (Wildman–Crippen LogP) is 3.05. The highest BCUT2D eigenvalue weighted by molar-refractivity contribution is 5.71. The summed E-state index contributed by atoms with van der Waals surface area (Å²) in [5.74, 6) is 0.864. The summed E-state index contributed by atoms with van der Waals surface area (Å²) in [6.07, 6.45) is 1.69. The molecule has 2 aromatic carbocycles. The fraction of sp³-hybridized carbons (Fsp3) is 0.333. The summed E-state index contributed by atoms with van der Waals surface area (Å²) in [6.45, 7) is 1.03. The van der Waals surface area contributed by atoms with Gasteiger partial charge in [0.05, 0.1) is 30.0 Å². The average molecular weight is 345 g/mol. The Bertz CT molecular complexity index is 706. The third-order valence-corrected chi connectivity index (χ3v) is 3.77. The van der Waals surface area contributed by atoms with Crippen LogP contribution in [0.25, 0.3) is 0 Å². The number of ether oxygens (including phenoxy) is 1. The lowest BCUT2D eigenvalue weighted by atomic mass is 10.1. The fourth-order valence-electron chi connectivity index (χ4n) is 2.55. The zero-order valence-electron chi connectivity index (χ0n) is 14.2. The van der Waals surface area contributed by atoms with E-state index < -0.39 is 4.92 Å². The molecular weight excluding hydrogens is 322 g/mol. The van der Waals surface area contributed by atoms with Crippen LogP contribution in [0.5, 0.6) is 5.75 Å². The molecule has 0 saturated carbocycles. The maximum atomic E-state index is 11.0. The van der Waals surface area contributed by atoms with Gasteiger partial charge in [0.2, 0.25) is 0 Å². The largest absolute Gasteiger partial charge is 0.496 e. The van der Waals surface area contributed by atoms with Crippen LogP contribution < -0.4 is 15.4 Å². The lowest BCUT2D eigenvalue weighted by Gasteiger charge is -2.14. The summed E-state index contributed by atoms with van der Waals surface area (Å²) in [5.41, 5.74) is 2.55. The van der Waals surface area contributed by atoms with Crippen LogP contribution in [-0.2, 0) is 6.42 Å². The van der Waals surface area contributed by atoms with Gasteiger partial charge in [-0.3, -0.25) is 10.1 Å². The monoisotopic (exact) mass is 345 g/mol. The van der Waals surface area contributed by atoms with Crippen molar-refractivity contribution in [2.75, 3.05) is 37.4 Å². The Hall–Kier alpha value is -2.80. The smallest absolute Gasteiger partial charge is 0.271 e. The van der Waals surface area contributed by atoms with Crippen molar-refractivity contribution in [1.29, 1.82) is 0 Å². The number of benzene rings is 2. The van der Waals surface area contributed by atoms with E-state index in [-0.39, 0.29) is 12.3 Å². The van der Waals surface area contributed by atoms with Gasteiger partial charge in [0, 0.05) is 25.2 Å². The molecule has 0 aromatic heterocycles. The highest BCUT2D eigenvalue weighted by Crippen LogP contribution is 2.27. The van der Waals surface area contributed by atoms with Gasteiger partial charge in [0.15, 0.2) is 0 Å². The van der Waals surface area contributed by atoms with Crippen molar-refractivity contribution in [2.24, 2.45) is 0 Å². The third-order valence-electron chi connectivity index (χ3n) is 3.77. The van der Waals surface area contributed by atoms with Crippen molar-refractivity contribution in [1.82, 2.24) is 0 Å². The van der Waals surface area contributed by atoms with E-state index in [1.54, 1.807) is 13.2 Å². The molecule has 0 aliphatic carbocycles. The van der Waals surface area contributed by atoms with Gasteiger partial charge < -0.3 is 20.5 Å².